The number of benzene rings is 9. The number of H-pyrrole nitrogens is 6. The van der Waals surface area contributed by atoms with Crippen LogP contribution in [-0.2, 0) is 5.60 Å². The molecule has 3 amide bonds. The highest BCUT2D eigenvalue weighted by atomic mass is 35.5. The Kier molecular flexibility index (Phi) is 26.1. The Balaban J connectivity index is 0.000000131. The number of nitrogens with zero attached hydrogens (tertiary/aromatic N) is 7. The highest BCUT2D eigenvalue weighted by molar-refractivity contribution is 6.34. The number of carbonyl (C=O) groups excluding carboxylic acids is 4. The van der Waals surface area contributed by atoms with Gasteiger partial charge in [0, 0.05) is 112 Å². The number of amides is 3. The van der Waals surface area contributed by atoms with Gasteiger partial charge in [0.15, 0.2) is 5.78 Å². The molecule has 21 nitrogen and oxygen atoms in total. The Bertz CT molecular complexity index is 5700. The number of hydrogen-bond acceptors (Lipinski definition) is 12. The molecule has 9 aromatic carbocycles. The maximum absolute atomic E-state index is 12.5. The lowest BCUT2D eigenvalue weighted by Crippen LogP contribution is -2.21. The molecule has 11 N–H and O–H groups in total. The number of aromatic nitrogens is 12. The summed E-state index contributed by atoms with van der Waals surface area (Å²) in [6.07, 6.45) is 18.1. The number of rotatable bonds is 13. The second kappa shape index (κ2) is 35.7. The standard InChI is InChI=1S/C16H14ClN3O.C16H19ClN2O.C15H12ClN3O.C14H10ClN3O.C11H13ClN2O.C10H11ClN2O/c1-20(2)16(21)11-5-3-10(4-6-11)13-7-12(17)8-15-14(13)9-18-19-15;17-12-8-13(14-10-18-19-15(14)9-12)16(20)7-6-11-4-2-1-3-5-11;1-17-15(20)10-4-2-9(3-5-10)12-6-11(16)7-14-13(12)8-18-19-14;15-10-5-11(12-7-17-18-13(12)6-10)8-1-3-9(4-2-8)14(16)19;1-6(2)11(15)8-3-7(12)4-10-9(8)5-13-14-10;1-10(2,14)8-3-6(11)4-9-7(8)5-12-13-9/h3-9H,1-2H3,(H,18,19);8-11H,1-7H2,(H,18,19);2-8H,1H3,(H,17,20)(H,18,19);1-7H,(H2,16,19)(H,17,18);3-6,11,15H,1-2H3,(H,13,14);3-5,14H,1-2H3,(H,12,13). The van der Waals surface area contributed by atoms with Gasteiger partial charge in [0.05, 0.1) is 82.0 Å². The first-order valence-electron chi connectivity index (χ1n) is 35.0. The lowest BCUT2D eigenvalue weighted by molar-refractivity contribution is 0.0800. The molecule has 1 aliphatic rings. The van der Waals surface area contributed by atoms with Crippen molar-refractivity contribution in [2.24, 2.45) is 17.6 Å². The number of Topliss-reactive ketones (excluding diaryl/α,β-unsaturated/α-hetero) is 1. The fourth-order valence-corrected chi connectivity index (χ4v) is 14.3. The maximum atomic E-state index is 12.5. The molecule has 27 heteroatoms. The largest absolute Gasteiger partial charge is 0.388 e. The van der Waals surface area contributed by atoms with E-state index in [-0.39, 0.29) is 23.5 Å². The summed E-state index contributed by atoms with van der Waals surface area (Å²) in [4.78, 5) is 48.5. The third kappa shape index (κ3) is 19.7. The van der Waals surface area contributed by atoms with Crippen LogP contribution in [0.5, 0.6) is 0 Å². The summed E-state index contributed by atoms with van der Waals surface area (Å²) < 4.78 is 0. The number of fused-ring (bicyclic) bond motifs is 6. The summed E-state index contributed by atoms with van der Waals surface area (Å²) in [7, 11) is 5.09. The molecule has 560 valence electrons. The van der Waals surface area contributed by atoms with Crippen molar-refractivity contribution < 1.29 is 29.4 Å². The summed E-state index contributed by atoms with van der Waals surface area (Å²) in [5, 5.41) is 73.2. The molecule has 1 atom stereocenters. The van der Waals surface area contributed by atoms with Crippen LogP contribution < -0.4 is 11.1 Å². The van der Waals surface area contributed by atoms with Gasteiger partial charge < -0.3 is 26.2 Å². The first kappa shape index (κ1) is 79.6. The number of halogens is 6. The molecule has 1 saturated carbocycles. The topological polar surface area (TPSA) is 322 Å². The van der Waals surface area contributed by atoms with E-state index in [0.717, 1.165) is 122 Å². The Labute approximate surface area is 657 Å². The second-order valence-corrected chi connectivity index (χ2v) is 30.0. The molecule has 1 fully saturated rings. The van der Waals surface area contributed by atoms with Gasteiger partial charge in [-0.2, -0.15) is 30.6 Å². The van der Waals surface area contributed by atoms with Crippen LogP contribution in [0.4, 0.5) is 0 Å². The van der Waals surface area contributed by atoms with Crippen molar-refractivity contribution in [1.29, 1.82) is 0 Å². The predicted molar refractivity (Wildman–Crippen MR) is 438 cm³/mol. The molecule has 6 heterocycles. The number of nitrogens with two attached hydrogens (primary N) is 1. The fourth-order valence-electron chi connectivity index (χ4n) is 12.9. The molecule has 0 saturated heterocycles. The van der Waals surface area contributed by atoms with Crippen molar-refractivity contribution in [2.75, 3.05) is 21.1 Å². The molecular weight excluding hydrogens is 1500 g/mol. The van der Waals surface area contributed by atoms with Gasteiger partial charge in [-0.1, -0.05) is 152 Å². The van der Waals surface area contributed by atoms with Gasteiger partial charge >= 0.3 is 0 Å². The van der Waals surface area contributed by atoms with E-state index in [2.05, 4.69) is 66.5 Å². The number of aliphatic hydroxyl groups is 2. The Morgan fingerprint density at radius 1 is 0.495 bits per heavy atom. The van der Waals surface area contributed by atoms with E-state index in [4.69, 9.17) is 75.3 Å². The number of nitrogens with one attached hydrogen (secondary N) is 7. The van der Waals surface area contributed by atoms with Gasteiger partial charge in [-0.15, -0.1) is 0 Å². The van der Waals surface area contributed by atoms with Gasteiger partial charge in [-0.05, 0) is 186 Å². The Hall–Kier alpha value is -10.5. The van der Waals surface area contributed by atoms with Crippen LogP contribution in [0.3, 0.4) is 0 Å². The van der Waals surface area contributed by atoms with Crippen LogP contribution in [0, 0.1) is 11.8 Å². The molecule has 0 spiro atoms. The van der Waals surface area contributed by atoms with Gasteiger partial charge in [-0.25, -0.2) is 0 Å². The number of aromatic amines is 6. The van der Waals surface area contributed by atoms with E-state index in [1.807, 2.05) is 105 Å². The van der Waals surface area contributed by atoms with Crippen LogP contribution in [0.15, 0.2) is 183 Å². The van der Waals surface area contributed by atoms with Crippen LogP contribution in [0.25, 0.3) is 98.8 Å². The molecule has 109 heavy (non-hydrogen) atoms. The van der Waals surface area contributed by atoms with Gasteiger partial charge in [0.1, 0.15) is 0 Å². The van der Waals surface area contributed by atoms with E-state index in [0.29, 0.717) is 58.8 Å². The first-order chi connectivity index (χ1) is 52.2. The van der Waals surface area contributed by atoms with Crippen molar-refractivity contribution >= 4 is 159 Å². The molecule has 0 radical (unpaired) electrons. The van der Waals surface area contributed by atoms with Crippen LogP contribution in [0.2, 0.25) is 30.1 Å². The monoisotopic (exact) mass is 1580 g/mol. The summed E-state index contributed by atoms with van der Waals surface area (Å²) in [5.41, 5.74) is 19.5. The average Bonchev–Trinajstić information content (AvgIpc) is 1.76. The smallest absolute Gasteiger partial charge is 0.253 e. The van der Waals surface area contributed by atoms with Crippen molar-refractivity contribution in [3.05, 3.63) is 246 Å². The zero-order chi connectivity index (χ0) is 77.8. The lowest BCUT2D eigenvalue weighted by Gasteiger charge is -2.20. The molecule has 16 rings (SSSR count). The minimum atomic E-state index is -0.910. The molecule has 1 aliphatic carbocycles. The fraction of sp³-hybridized carbons (Fsp3) is 0.220. The Morgan fingerprint density at radius 2 is 0.853 bits per heavy atom. The number of aliphatic hydroxyl groups excluding tert-OH is 1. The van der Waals surface area contributed by atoms with E-state index < -0.39 is 17.6 Å². The zero-order valence-corrected chi connectivity index (χ0v) is 65.0. The minimum absolute atomic E-state index is 0.0129. The van der Waals surface area contributed by atoms with E-state index in [1.165, 1.54) is 32.1 Å². The highest BCUT2D eigenvalue weighted by Crippen LogP contribution is 2.37. The number of ketones is 1. The molecule has 0 aliphatic heterocycles. The van der Waals surface area contributed by atoms with Gasteiger partial charge in [-0.3, -0.25) is 49.8 Å². The van der Waals surface area contributed by atoms with Crippen molar-refractivity contribution in [2.45, 2.75) is 84.3 Å². The van der Waals surface area contributed by atoms with Crippen LogP contribution in [-0.4, -0.2) is 121 Å². The lowest BCUT2D eigenvalue weighted by atomic mass is 9.85. The summed E-state index contributed by atoms with van der Waals surface area (Å²) in [6, 6.07) is 43.9. The molecule has 0 bridgehead atoms. The quantitative estimate of drug-likeness (QED) is 0.0482. The summed E-state index contributed by atoms with van der Waals surface area (Å²) in [5.74, 6) is 0.515. The van der Waals surface area contributed by atoms with E-state index >= 15 is 0 Å². The third-order valence-electron chi connectivity index (χ3n) is 18.6. The first-order valence-corrected chi connectivity index (χ1v) is 37.2. The maximum Gasteiger partial charge on any atom is 0.253 e. The van der Waals surface area contributed by atoms with Crippen LogP contribution >= 0.6 is 69.6 Å². The number of carbonyl (C=O) groups is 4. The minimum Gasteiger partial charge on any atom is -0.388 e. The second-order valence-electron chi connectivity index (χ2n) is 27.3. The van der Waals surface area contributed by atoms with Gasteiger partial charge in [0.25, 0.3) is 11.8 Å². The highest BCUT2D eigenvalue weighted by Gasteiger charge is 2.23. The number of primary amides is 1. The molecule has 15 aromatic rings. The van der Waals surface area contributed by atoms with Crippen LogP contribution in [0.1, 0.15) is 131 Å². The summed E-state index contributed by atoms with van der Waals surface area (Å²) in [6.45, 7) is 7.39. The zero-order valence-electron chi connectivity index (χ0n) is 60.5. The molecule has 6 aromatic heterocycles. The van der Waals surface area contributed by atoms with E-state index in [9.17, 15) is 29.4 Å². The van der Waals surface area contributed by atoms with E-state index in [1.54, 1.807) is 132 Å². The van der Waals surface area contributed by atoms with Crippen molar-refractivity contribution in [1.82, 2.24) is 71.4 Å². The average molecular weight is 1580 g/mol. The normalized spacial score (nSPS) is 12.4. The number of hydrogen-bond donors (Lipinski definition) is 10. The van der Waals surface area contributed by atoms with Gasteiger partial charge in [0.2, 0.25) is 5.91 Å². The molecular formula is C82H79Cl6N15O6. The Morgan fingerprint density at radius 3 is 1.27 bits per heavy atom. The molecule has 1 unspecified atom stereocenters. The summed E-state index contributed by atoms with van der Waals surface area (Å²) >= 11 is 36.3. The predicted octanol–water partition coefficient (Wildman–Crippen LogP) is 19.9. The SMILES string of the molecule is CC(C)(O)c1cc(Cl)cc2[nH]ncc12.CC(C)C(O)c1cc(Cl)cc2[nH]ncc12.CN(C)C(=O)c1ccc(-c2cc(Cl)cc3[nH]ncc23)cc1.CNC(=O)c1ccc(-c2cc(Cl)cc3[nH]ncc23)cc1.NC(=O)c1ccc(-c2cc(Cl)cc3[nH]ncc23)cc1.O=C(CCC1CCCCC1)c1cc(Cl)cc2[nH]ncc12. The third-order valence-corrected chi connectivity index (χ3v) is 19.9. The van der Waals surface area contributed by atoms with Crippen molar-refractivity contribution in [3.63, 3.8) is 0 Å². The van der Waals surface area contributed by atoms with Crippen molar-refractivity contribution in [3.8, 4) is 33.4 Å².